The van der Waals surface area contributed by atoms with Gasteiger partial charge in [0.25, 0.3) is 0 Å². The van der Waals surface area contributed by atoms with Gasteiger partial charge >= 0.3 is 0 Å². The maximum atomic E-state index is 13.1. The van der Waals surface area contributed by atoms with Crippen molar-refractivity contribution < 1.29 is 31.4 Å². The van der Waals surface area contributed by atoms with Gasteiger partial charge in [-0.25, -0.2) is 21.6 Å². The van der Waals surface area contributed by atoms with Gasteiger partial charge in [-0.2, -0.15) is 4.31 Å². The molecule has 38 heavy (non-hydrogen) atoms. The zero-order valence-corrected chi connectivity index (χ0v) is 24.7. The maximum absolute atomic E-state index is 13.1. The molecule has 2 heterocycles. The minimum Gasteiger partial charge on any atom is -0.491 e. The van der Waals surface area contributed by atoms with Crippen LogP contribution in [0, 0.1) is 0 Å². The summed E-state index contributed by atoms with van der Waals surface area (Å²) < 4.78 is 66.2. The number of hydrogen-bond acceptors (Lipinski definition) is 8. The molecule has 10 nitrogen and oxygen atoms in total. The highest BCUT2D eigenvalue weighted by molar-refractivity contribution is 9.10. The van der Waals surface area contributed by atoms with Crippen molar-refractivity contribution in [3.05, 3.63) is 52.0 Å². The first-order valence-electron chi connectivity index (χ1n) is 12.1. The molecule has 2 saturated heterocycles. The molecule has 4 rings (SSSR count). The van der Waals surface area contributed by atoms with Gasteiger partial charge in [0, 0.05) is 36.2 Å². The van der Waals surface area contributed by atoms with Crippen LogP contribution in [0.5, 0.6) is 5.75 Å². The first kappa shape index (κ1) is 29.7. The summed E-state index contributed by atoms with van der Waals surface area (Å²) in [7, 11) is -5.98. The van der Waals surface area contributed by atoms with E-state index in [-0.39, 0.29) is 34.0 Å². The molecule has 2 aromatic rings. The summed E-state index contributed by atoms with van der Waals surface area (Å²) >= 11 is 9.48. The van der Waals surface area contributed by atoms with Gasteiger partial charge in [-0.15, -0.1) is 0 Å². The van der Waals surface area contributed by atoms with E-state index in [0.29, 0.717) is 49.2 Å². The molecule has 0 aliphatic carbocycles. The quantitative estimate of drug-likeness (QED) is 0.356. The van der Waals surface area contributed by atoms with Crippen molar-refractivity contribution in [3.8, 4) is 5.75 Å². The Balaban J connectivity index is 1.24. The number of nitrogens with zero attached hydrogens (tertiary/aromatic N) is 1. The van der Waals surface area contributed by atoms with E-state index in [1.807, 2.05) is 0 Å². The van der Waals surface area contributed by atoms with E-state index in [2.05, 4.69) is 26.0 Å². The SMILES string of the molecule is CNS(=O)(=O)c1cccc(OC[C@@H](O)CNC2COC3(CCN(S(=O)(=O)c4cc(Br)ccc4Cl)CC3)C2)c1. The number of aliphatic hydroxyl groups is 1. The lowest BCUT2D eigenvalue weighted by atomic mass is 9.88. The van der Waals surface area contributed by atoms with Crippen LogP contribution in [0.25, 0.3) is 0 Å². The number of ether oxygens (including phenoxy) is 2. The van der Waals surface area contributed by atoms with Gasteiger partial charge in [0.2, 0.25) is 20.0 Å². The standard InChI is InChI=1S/C24H31BrClN3O7S2/c1-27-37(31,32)21-4-2-3-20(12-21)35-16-19(30)14-28-18-13-24(36-15-18)7-9-29(10-8-24)38(33,34)23-11-17(25)5-6-22(23)26/h2-6,11-12,18-19,27-28,30H,7-10,13-16H2,1H3/t18?,19-/m0/s1. The third kappa shape index (κ3) is 6.88. The minimum atomic E-state index is -3.72. The number of benzene rings is 2. The average Bonchev–Trinajstić information content (AvgIpc) is 3.30. The van der Waals surface area contributed by atoms with E-state index in [9.17, 15) is 21.9 Å². The van der Waals surface area contributed by atoms with Crippen LogP contribution < -0.4 is 14.8 Å². The van der Waals surface area contributed by atoms with E-state index in [1.54, 1.807) is 24.3 Å². The van der Waals surface area contributed by atoms with Gasteiger partial charge in [-0.1, -0.05) is 33.6 Å². The van der Waals surface area contributed by atoms with Gasteiger partial charge in [0.05, 0.1) is 22.1 Å². The second-order valence-electron chi connectivity index (χ2n) is 9.43. The highest BCUT2D eigenvalue weighted by atomic mass is 79.9. The lowest BCUT2D eigenvalue weighted by Gasteiger charge is -2.38. The molecule has 2 aliphatic rings. The topological polar surface area (TPSA) is 134 Å². The summed E-state index contributed by atoms with van der Waals surface area (Å²) in [6.45, 7) is 1.37. The first-order chi connectivity index (χ1) is 17.9. The van der Waals surface area contributed by atoms with E-state index < -0.39 is 31.8 Å². The molecule has 0 aromatic heterocycles. The van der Waals surface area contributed by atoms with Crippen molar-refractivity contribution in [2.24, 2.45) is 0 Å². The Bertz CT molecular complexity index is 1350. The number of piperidine rings is 1. The Morgan fingerprint density at radius 3 is 2.66 bits per heavy atom. The number of nitrogens with one attached hydrogen (secondary N) is 2. The van der Waals surface area contributed by atoms with Crippen molar-refractivity contribution in [1.82, 2.24) is 14.3 Å². The third-order valence-corrected chi connectivity index (χ3v) is 11.1. The van der Waals surface area contributed by atoms with Crippen molar-refractivity contribution in [1.29, 1.82) is 0 Å². The number of hydrogen-bond donors (Lipinski definition) is 3. The number of rotatable bonds is 10. The van der Waals surface area contributed by atoms with Crippen LogP contribution >= 0.6 is 27.5 Å². The van der Waals surface area contributed by atoms with Gasteiger partial charge in [0.15, 0.2) is 0 Å². The largest absolute Gasteiger partial charge is 0.491 e. The van der Waals surface area contributed by atoms with Crippen LogP contribution in [-0.2, 0) is 24.8 Å². The van der Waals surface area contributed by atoms with E-state index in [1.165, 1.54) is 29.6 Å². The first-order valence-corrected chi connectivity index (χ1v) is 16.2. The van der Waals surface area contributed by atoms with Gasteiger partial charge in [-0.3, -0.25) is 0 Å². The molecule has 3 N–H and O–H groups in total. The average molecular weight is 653 g/mol. The smallest absolute Gasteiger partial charge is 0.244 e. The fraction of sp³-hybridized carbons (Fsp3) is 0.500. The summed E-state index contributed by atoms with van der Waals surface area (Å²) in [5.41, 5.74) is -0.411. The van der Waals surface area contributed by atoms with Crippen LogP contribution in [0.1, 0.15) is 19.3 Å². The van der Waals surface area contributed by atoms with Crippen molar-refractivity contribution in [2.45, 2.75) is 46.8 Å². The van der Waals surface area contributed by atoms with Crippen LogP contribution in [0.3, 0.4) is 0 Å². The molecule has 2 aliphatic heterocycles. The Kier molecular flexibility index (Phi) is 9.43. The fourth-order valence-corrected chi connectivity index (χ4v) is 7.89. The second-order valence-corrected chi connectivity index (χ2v) is 14.5. The molecule has 0 bridgehead atoms. The molecule has 1 unspecified atom stereocenters. The molecule has 0 saturated carbocycles. The summed E-state index contributed by atoms with van der Waals surface area (Å²) in [6, 6.07) is 10.8. The summed E-state index contributed by atoms with van der Waals surface area (Å²) in [6.07, 6.45) is 1.01. The zero-order valence-electron chi connectivity index (χ0n) is 20.8. The molecule has 1 spiro atoms. The summed E-state index contributed by atoms with van der Waals surface area (Å²) in [5.74, 6) is 0.342. The van der Waals surface area contributed by atoms with Crippen molar-refractivity contribution in [2.75, 3.05) is 39.9 Å². The summed E-state index contributed by atoms with van der Waals surface area (Å²) in [4.78, 5) is 0.167. The van der Waals surface area contributed by atoms with Crippen LogP contribution in [0.2, 0.25) is 5.02 Å². The zero-order chi connectivity index (χ0) is 27.6. The number of aliphatic hydroxyl groups excluding tert-OH is 1. The van der Waals surface area contributed by atoms with Crippen molar-refractivity contribution in [3.63, 3.8) is 0 Å². The second kappa shape index (κ2) is 12.1. The molecular formula is C24H31BrClN3O7S2. The molecule has 0 radical (unpaired) electrons. The lowest BCUT2D eigenvalue weighted by Crippen LogP contribution is -2.47. The van der Waals surface area contributed by atoms with Gasteiger partial charge in [0.1, 0.15) is 23.4 Å². The number of halogens is 2. The molecule has 14 heteroatoms. The predicted molar refractivity (Wildman–Crippen MR) is 146 cm³/mol. The molecule has 2 fully saturated rings. The third-order valence-electron chi connectivity index (χ3n) is 6.82. The highest BCUT2D eigenvalue weighted by Gasteiger charge is 2.45. The van der Waals surface area contributed by atoms with E-state index in [0.717, 1.165) is 0 Å². The Labute approximate surface area is 236 Å². The highest BCUT2D eigenvalue weighted by Crippen LogP contribution is 2.38. The Morgan fingerprint density at radius 1 is 1.21 bits per heavy atom. The fourth-order valence-electron chi connectivity index (χ4n) is 4.67. The van der Waals surface area contributed by atoms with Crippen LogP contribution in [0.4, 0.5) is 0 Å². The maximum Gasteiger partial charge on any atom is 0.244 e. The predicted octanol–water partition coefficient (Wildman–Crippen LogP) is 2.35. The monoisotopic (exact) mass is 651 g/mol. The van der Waals surface area contributed by atoms with E-state index in [4.69, 9.17) is 21.1 Å². The van der Waals surface area contributed by atoms with E-state index >= 15 is 0 Å². The van der Waals surface area contributed by atoms with Gasteiger partial charge in [-0.05, 0) is 56.6 Å². The Hall–Kier alpha value is -1.29. The van der Waals surface area contributed by atoms with Crippen LogP contribution in [-0.4, -0.2) is 83.9 Å². The lowest BCUT2D eigenvalue weighted by molar-refractivity contribution is -0.0312. The normalized spacial score (nSPS) is 21.0. The Morgan fingerprint density at radius 2 is 1.95 bits per heavy atom. The van der Waals surface area contributed by atoms with Crippen LogP contribution in [0.15, 0.2) is 56.7 Å². The van der Waals surface area contributed by atoms with Crippen molar-refractivity contribution >= 4 is 47.6 Å². The summed E-state index contributed by atoms with van der Waals surface area (Å²) in [5, 5.41) is 13.9. The molecular weight excluding hydrogens is 622 g/mol. The molecule has 2 aromatic carbocycles. The van der Waals surface area contributed by atoms with Gasteiger partial charge < -0.3 is 19.9 Å². The molecule has 0 amide bonds. The molecule has 2 atom stereocenters. The molecule has 210 valence electrons. The minimum absolute atomic E-state index is 0.0106. The number of sulfonamides is 2.